The molecule has 45 heavy (non-hydrogen) atoms. The van der Waals surface area contributed by atoms with E-state index in [1.165, 1.54) is 7.11 Å². The number of anilines is 3. The van der Waals surface area contributed by atoms with Gasteiger partial charge in [0.2, 0.25) is 23.5 Å². The molecule has 17 heteroatoms. The van der Waals surface area contributed by atoms with Gasteiger partial charge in [0.05, 0.1) is 37.3 Å². The summed E-state index contributed by atoms with van der Waals surface area (Å²) in [6.07, 6.45) is 2.98. The number of carbonyl (C=O) groups excluding carboxylic acids is 3. The molecule has 14 nitrogen and oxygen atoms in total. The van der Waals surface area contributed by atoms with Crippen LogP contribution in [-0.4, -0.2) is 105 Å². The Morgan fingerprint density at radius 2 is 1.89 bits per heavy atom. The van der Waals surface area contributed by atoms with Gasteiger partial charge in [-0.05, 0) is 36.6 Å². The molecule has 1 saturated heterocycles. The number of para-hydroxylation sites is 1. The fourth-order valence-corrected chi connectivity index (χ4v) is 5.00. The molecular weight excluding hydrogens is 577 g/mol. The first-order valence-electron chi connectivity index (χ1n) is 15.2. The Kier molecular flexibility index (Phi) is 9.76. The SMILES string of the molecule is BC(B)(B)NC(=O)c1nnc(NC(=O)C2CC2)cc1Nc1cccc(-c2noc(C(CCC)C(=O)N3CCOCC3)n2)c1OC. The van der Waals surface area contributed by atoms with Crippen molar-refractivity contribution in [2.75, 3.05) is 44.0 Å². The highest BCUT2D eigenvalue weighted by molar-refractivity contribution is 6.60. The van der Waals surface area contributed by atoms with Gasteiger partial charge in [0.15, 0.2) is 17.3 Å². The summed E-state index contributed by atoms with van der Waals surface area (Å²) in [5.74, 6) is -0.177. The summed E-state index contributed by atoms with van der Waals surface area (Å²) in [4.78, 5) is 45.4. The lowest BCUT2D eigenvalue weighted by Crippen LogP contribution is -2.50. The van der Waals surface area contributed by atoms with Gasteiger partial charge in [0.1, 0.15) is 29.5 Å². The molecule has 3 N–H and O–H groups in total. The summed E-state index contributed by atoms with van der Waals surface area (Å²) in [5, 5.41) is 20.8. The fourth-order valence-electron chi connectivity index (χ4n) is 5.00. The topological polar surface area (TPSA) is 174 Å². The highest BCUT2D eigenvalue weighted by atomic mass is 16.5. The smallest absolute Gasteiger partial charge is 0.272 e. The first kappa shape index (κ1) is 32.0. The number of ether oxygens (including phenoxy) is 2. The molecule has 3 aromatic rings. The first-order valence-corrected chi connectivity index (χ1v) is 15.2. The number of benzene rings is 1. The van der Waals surface area contributed by atoms with Crippen LogP contribution in [-0.2, 0) is 14.3 Å². The van der Waals surface area contributed by atoms with E-state index in [0.29, 0.717) is 55.4 Å². The van der Waals surface area contributed by atoms with Crippen LogP contribution in [0.15, 0.2) is 28.8 Å². The number of morpholine rings is 1. The molecule has 3 heterocycles. The van der Waals surface area contributed by atoms with Crippen molar-refractivity contribution in [3.63, 3.8) is 0 Å². The summed E-state index contributed by atoms with van der Waals surface area (Å²) in [6.45, 7) is 4.04. The number of hydrogen-bond acceptors (Lipinski definition) is 11. The minimum atomic E-state index is -0.572. The highest BCUT2D eigenvalue weighted by Gasteiger charge is 2.32. The van der Waals surface area contributed by atoms with Gasteiger partial charge in [-0.3, -0.25) is 14.4 Å². The van der Waals surface area contributed by atoms with E-state index in [2.05, 4.69) is 36.3 Å². The quantitative estimate of drug-likeness (QED) is 0.227. The van der Waals surface area contributed by atoms with Gasteiger partial charge in [-0.25, -0.2) is 0 Å². The van der Waals surface area contributed by atoms with Crippen LogP contribution in [0.3, 0.4) is 0 Å². The molecule has 1 aliphatic heterocycles. The number of rotatable bonds is 12. The molecule has 0 radical (unpaired) electrons. The molecule has 2 aromatic heterocycles. The van der Waals surface area contributed by atoms with Crippen molar-refractivity contribution in [3.8, 4) is 17.1 Å². The zero-order valence-electron chi connectivity index (χ0n) is 26.3. The maximum absolute atomic E-state index is 13.4. The zero-order chi connectivity index (χ0) is 32.1. The molecule has 5 rings (SSSR count). The van der Waals surface area contributed by atoms with E-state index in [1.807, 2.05) is 30.5 Å². The predicted molar refractivity (Wildman–Crippen MR) is 174 cm³/mol. The predicted octanol–water partition coefficient (Wildman–Crippen LogP) is -0.390. The number of amides is 3. The molecule has 1 saturated carbocycles. The van der Waals surface area contributed by atoms with Gasteiger partial charge in [0, 0.05) is 25.1 Å². The van der Waals surface area contributed by atoms with E-state index in [9.17, 15) is 14.4 Å². The van der Waals surface area contributed by atoms with E-state index in [-0.39, 0.29) is 41.0 Å². The monoisotopic (exact) mass is 614 g/mol. The standard InChI is InChI=1S/C28H37B3N8O6/c1-3-5-17(27(42)39-10-12-44-13-11-39)26-34-23(38-45-26)16-6-4-7-18(22(16)43-2)32-19-14-20(33-24(40)15-8-9-15)36-37-21(19)25(41)35-28(29,30)31/h4,6-7,14-15,17H,3,5,8-13,29-31H2,1-2H3,(H,35,41)(H2,32,33,36,40). The van der Waals surface area contributed by atoms with Crippen molar-refractivity contribution >= 4 is 58.5 Å². The molecule has 0 spiro atoms. The number of methoxy groups -OCH3 is 1. The van der Waals surface area contributed by atoms with E-state index in [1.54, 1.807) is 29.2 Å². The first-order chi connectivity index (χ1) is 21.6. The van der Waals surface area contributed by atoms with Crippen molar-refractivity contribution in [2.24, 2.45) is 5.92 Å². The molecule has 1 atom stereocenters. The molecular formula is C28H37B3N8O6. The van der Waals surface area contributed by atoms with Crippen LogP contribution in [0.2, 0.25) is 0 Å². The van der Waals surface area contributed by atoms with Crippen molar-refractivity contribution < 1.29 is 28.4 Å². The van der Waals surface area contributed by atoms with Crippen molar-refractivity contribution in [3.05, 3.63) is 35.9 Å². The van der Waals surface area contributed by atoms with Crippen molar-refractivity contribution in [2.45, 2.75) is 43.8 Å². The molecule has 1 aliphatic carbocycles. The van der Waals surface area contributed by atoms with Crippen LogP contribution in [0, 0.1) is 5.92 Å². The number of hydrogen-bond donors (Lipinski definition) is 3. The summed E-state index contributed by atoms with van der Waals surface area (Å²) in [6, 6.07) is 6.88. The maximum Gasteiger partial charge on any atom is 0.272 e. The Morgan fingerprint density at radius 1 is 1.13 bits per heavy atom. The van der Waals surface area contributed by atoms with Gasteiger partial charge >= 0.3 is 0 Å². The number of nitrogens with one attached hydrogen (secondary N) is 3. The van der Waals surface area contributed by atoms with E-state index in [0.717, 1.165) is 19.3 Å². The Bertz CT molecular complexity index is 1560. The molecule has 1 unspecified atom stereocenters. The van der Waals surface area contributed by atoms with Crippen LogP contribution in [0.1, 0.15) is 54.9 Å². The van der Waals surface area contributed by atoms with E-state index < -0.39 is 17.1 Å². The molecule has 0 bridgehead atoms. The summed E-state index contributed by atoms with van der Waals surface area (Å²) in [7, 11) is 7.09. The minimum Gasteiger partial charge on any atom is -0.494 e. The Labute approximate surface area is 264 Å². The van der Waals surface area contributed by atoms with Gasteiger partial charge in [-0.2, -0.15) is 4.98 Å². The van der Waals surface area contributed by atoms with Gasteiger partial charge in [-0.15, -0.1) is 10.2 Å². The number of aromatic nitrogens is 4. The minimum absolute atomic E-state index is 0.0349. The Hall–Kier alpha value is -4.40. The third kappa shape index (κ3) is 7.82. The van der Waals surface area contributed by atoms with E-state index in [4.69, 9.17) is 14.0 Å². The van der Waals surface area contributed by atoms with Crippen molar-refractivity contribution in [1.82, 2.24) is 30.6 Å². The van der Waals surface area contributed by atoms with Gasteiger partial charge < -0.3 is 34.8 Å². The van der Waals surface area contributed by atoms with Crippen LogP contribution in [0.4, 0.5) is 17.2 Å². The molecule has 1 aromatic carbocycles. The normalized spacial score (nSPS) is 15.6. The number of carbonyl (C=O) groups is 3. The third-order valence-corrected chi connectivity index (χ3v) is 7.36. The van der Waals surface area contributed by atoms with Crippen molar-refractivity contribution in [1.29, 1.82) is 0 Å². The molecule has 234 valence electrons. The molecule has 2 fully saturated rings. The van der Waals surface area contributed by atoms with Crippen LogP contribution in [0.25, 0.3) is 11.4 Å². The molecule has 2 aliphatic rings. The largest absolute Gasteiger partial charge is 0.494 e. The lowest BCUT2D eigenvalue weighted by molar-refractivity contribution is -0.137. The van der Waals surface area contributed by atoms with Crippen LogP contribution < -0.4 is 20.7 Å². The fraction of sp³-hybridized carbons (Fsp3) is 0.464. The summed E-state index contributed by atoms with van der Waals surface area (Å²) < 4.78 is 16.8. The second kappa shape index (κ2) is 13.7. The van der Waals surface area contributed by atoms with Gasteiger partial charge in [0.25, 0.3) is 5.91 Å². The number of nitrogens with zero attached hydrogens (tertiary/aromatic N) is 5. The average Bonchev–Trinajstić information content (AvgIpc) is 3.76. The highest BCUT2D eigenvalue weighted by Crippen LogP contribution is 2.38. The van der Waals surface area contributed by atoms with Crippen LogP contribution in [0.5, 0.6) is 5.75 Å². The summed E-state index contributed by atoms with van der Waals surface area (Å²) >= 11 is 0. The average molecular weight is 614 g/mol. The van der Waals surface area contributed by atoms with Crippen LogP contribution >= 0.6 is 0 Å². The van der Waals surface area contributed by atoms with Gasteiger partial charge in [-0.1, -0.05) is 24.6 Å². The summed E-state index contributed by atoms with van der Waals surface area (Å²) in [5.41, 5.74) is 1.33. The Morgan fingerprint density at radius 3 is 2.56 bits per heavy atom. The second-order valence-electron chi connectivity index (χ2n) is 12.2. The van der Waals surface area contributed by atoms with E-state index >= 15 is 0 Å². The molecule has 3 amide bonds. The third-order valence-electron chi connectivity index (χ3n) is 7.36. The lowest BCUT2D eigenvalue weighted by atomic mass is 9.49. The zero-order valence-corrected chi connectivity index (χ0v) is 26.3. The maximum atomic E-state index is 13.4. The second-order valence-corrected chi connectivity index (χ2v) is 12.2. The Balaban J connectivity index is 1.46. The lowest BCUT2D eigenvalue weighted by Gasteiger charge is -2.29.